The maximum Gasteiger partial charge on any atom is 0.147 e. The van der Waals surface area contributed by atoms with Crippen molar-refractivity contribution in [1.29, 1.82) is 0 Å². The summed E-state index contributed by atoms with van der Waals surface area (Å²) in [5, 5.41) is 0.266. The fraction of sp³-hybridized carbons (Fsp3) is 0.273. The maximum absolute atomic E-state index is 13.6. The monoisotopic (exact) mass is 210 g/mol. The molecule has 2 aromatic rings. The summed E-state index contributed by atoms with van der Waals surface area (Å²) in [6.45, 7) is 3.51. The fourth-order valence-corrected chi connectivity index (χ4v) is 1.95. The van der Waals surface area contributed by atoms with Gasteiger partial charge in [0.25, 0.3) is 0 Å². The van der Waals surface area contributed by atoms with Crippen molar-refractivity contribution in [1.82, 2.24) is 4.98 Å². The van der Waals surface area contributed by atoms with E-state index >= 15 is 0 Å². The van der Waals surface area contributed by atoms with Crippen molar-refractivity contribution in [2.24, 2.45) is 5.73 Å². The van der Waals surface area contributed by atoms with E-state index in [-0.39, 0.29) is 16.9 Å². The Balaban J connectivity index is 2.92. The Morgan fingerprint density at radius 3 is 2.47 bits per heavy atom. The van der Waals surface area contributed by atoms with Gasteiger partial charge in [-0.3, -0.25) is 0 Å². The molecule has 1 aromatic heterocycles. The number of halogens is 2. The first-order valence-electron chi connectivity index (χ1n) is 4.74. The summed E-state index contributed by atoms with van der Waals surface area (Å²) in [4.78, 5) is 2.82. The van der Waals surface area contributed by atoms with E-state index in [4.69, 9.17) is 5.73 Å². The molecule has 2 nitrogen and oxygen atoms in total. The standard InChI is InChI=1S/C11H12F2N2/c1-5(14)9-6(2)15-11-8(13)4-3-7(12)10(9)11/h3-5,15H,14H2,1-2H3. The quantitative estimate of drug-likeness (QED) is 0.746. The Hall–Kier alpha value is -1.42. The lowest BCUT2D eigenvalue weighted by atomic mass is 10.0. The summed E-state index contributed by atoms with van der Waals surface area (Å²) < 4.78 is 26.9. The number of nitrogens with two attached hydrogens (primary N) is 1. The van der Waals surface area contributed by atoms with E-state index in [1.165, 1.54) is 0 Å². The van der Waals surface area contributed by atoms with E-state index in [1.807, 2.05) is 0 Å². The third-order valence-corrected chi connectivity index (χ3v) is 2.54. The first kappa shape index (κ1) is 10.1. The molecule has 1 heterocycles. The molecule has 0 fully saturated rings. The Labute approximate surface area is 86.1 Å². The van der Waals surface area contributed by atoms with Gasteiger partial charge in [0.2, 0.25) is 0 Å². The van der Waals surface area contributed by atoms with Crippen LogP contribution in [0.25, 0.3) is 10.9 Å². The second-order valence-electron chi connectivity index (χ2n) is 3.73. The molecule has 0 saturated heterocycles. The molecule has 15 heavy (non-hydrogen) atoms. The van der Waals surface area contributed by atoms with Crippen molar-refractivity contribution >= 4 is 10.9 Å². The lowest BCUT2D eigenvalue weighted by Crippen LogP contribution is -2.06. The van der Waals surface area contributed by atoms with Crippen LogP contribution >= 0.6 is 0 Å². The van der Waals surface area contributed by atoms with Gasteiger partial charge < -0.3 is 10.7 Å². The fourth-order valence-electron chi connectivity index (χ4n) is 1.95. The summed E-state index contributed by atoms with van der Waals surface area (Å²) in [6.07, 6.45) is 0. The number of aromatic amines is 1. The molecule has 1 aromatic carbocycles. The summed E-state index contributed by atoms with van der Waals surface area (Å²) in [7, 11) is 0. The first-order chi connectivity index (χ1) is 7.02. The van der Waals surface area contributed by atoms with Crippen molar-refractivity contribution in [3.05, 3.63) is 35.0 Å². The highest BCUT2D eigenvalue weighted by molar-refractivity contribution is 5.86. The van der Waals surface area contributed by atoms with Crippen LogP contribution in [0.15, 0.2) is 12.1 Å². The number of fused-ring (bicyclic) bond motifs is 1. The van der Waals surface area contributed by atoms with E-state index in [9.17, 15) is 8.78 Å². The molecule has 0 amide bonds. The minimum absolute atomic E-state index is 0.194. The molecular weight excluding hydrogens is 198 g/mol. The number of H-pyrrole nitrogens is 1. The van der Waals surface area contributed by atoms with E-state index in [1.54, 1.807) is 13.8 Å². The van der Waals surface area contributed by atoms with Crippen LogP contribution in [0.1, 0.15) is 24.2 Å². The number of rotatable bonds is 1. The van der Waals surface area contributed by atoms with Crippen molar-refractivity contribution < 1.29 is 8.78 Å². The highest BCUT2D eigenvalue weighted by atomic mass is 19.1. The van der Waals surface area contributed by atoms with Gasteiger partial charge in [0, 0.05) is 17.1 Å². The second kappa shape index (κ2) is 3.31. The largest absolute Gasteiger partial charge is 0.356 e. The molecule has 0 bridgehead atoms. The highest BCUT2D eigenvalue weighted by Crippen LogP contribution is 2.30. The van der Waals surface area contributed by atoms with Crippen molar-refractivity contribution in [3.8, 4) is 0 Å². The Morgan fingerprint density at radius 2 is 1.87 bits per heavy atom. The summed E-state index contributed by atoms with van der Waals surface area (Å²) >= 11 is 0. The molecule has 0 aliphatic carbocycles. The van der Waals surface area contributed by atoms with Crippen LogP contribution in [0.5, 0.6) is 0 Å². The molecular formula is C11H12F2N2. The number of aromatic nitrogens is 1. The topological polar surface area (TPSA) is 41.8 Å². The predicted molar refractivity (Wildman–Crippen MR) is 55.6 cm³/mol. The van der Waals surface area contributed by atoms with Crippen LogP contribution in [0.2, 0.25) is 0 Å². The smallest absolute Gasteiger partial charge is 0.147 e. The summed E-state index contributed by atoms with van der Waals surface area (Å²) in [5.74, 6) is -0.899. The zero-order valence-corrected chi connectivity index (χ0v) is 8.57. The maximum atomic E-state index is 13.6. The van der Waals surface area contributed by atoms with Crippen molar-refractivity contribution in [2.45, 2.75) is 19.9 Å². The normalized spacial score (nSPS) is 13.4. The van der Waals surface area contributed by atoms with Crippen molar-refractivity contribution in [2.75, 3.05) is 0 Å². The van der Waals surface area contributed by atoms with Gasteiger partial charge in [-0.05, 0) is 31.5 Å². The Bertz CT molecular complexity index is 515. The summed E-state index contributed by atoms with van der Waals surface area (Å²) in [5.41, 5.74) is 7.28. The van der Waals surface area contributed by atoms with Crippen LogP contribution < -0.4 is 5.73 Å². The van der Waals surface area contributed by atoms with E-state index in [2.05, 4.69) is 4.98 Å². The molecule has 3 N–H and O–H groups in total. The summed E-state index contributed by atoms with van der Waals surface area (Å²) in [6, 6.07) is 1.91. The molecule has 2 rings (SSSR count). The van der Waals surface area contributed by atoms with E-state index in [0.717, 1.165) is 12.1 Å². The number of aryl methyl sites for hydroxylation is 1. The first-order valence-corrected chi connectivity index (χ1v) is 4.74. The Morgan fingerprint density at radius 1 is 1.27 bits per heavy atom. The van der Waals surface area contributed by atoms with Gasteiger partial charge in [-0.1, -0.05) is 0 Å². The number of hydrogen-bond acceptors (Lipinski definition) is 1. The SMILES string of the molecule is Cc1[nH]c2c(F)ccc(F)c2c1C(C)N. The van der Waals surface area contributed by atoms with E-state index in [0.29, 0.717) is 11.3 Å². The lowest BCUT2D eigenvalue weighted by molar-refractivity contribution is 0.615. The molecule has 80 valence electrons. The third-order valence-electron chi connectivity index (χ3n) is 2.54. The number of hydrogen-bond donors (Lipinski definition) is 2. The van der Waals surface area contributed by atoms with Crippen LogP contribution in [-0.2, 0) is 0 Å². The average Bonchev–Trinajstić information content (AvgIpc) is 2.50. The zero-order chi connectivity index (χ0) is 11.2. The van der Waals surface area contributed by atoms with Gasteiger partial charge in [-0.25, -0.2) is 8.78 Å². The van der Waals surface area contributed by atoms with Crippen LogP contribution in [0, 0.1) is 18.6 Å². The van der Waals surface area contributed by atoms with E-state index < -0.39 is 11.6 Å². The molecule has 1 atom stereocenters. The number of nitrogens with one attached hydrogen (secondary N) is 1. The minimum Gasteiger partial charge on any atom is -0.356 e. The highest BCUT2D eigenvalue weighted by Gasteiger charge is 2.17. The molecule has 0 spiro atoms. The average molecular weight is 210 g/mol. The molecule has 4 heteroatoms. The van der Waals surface area contributed by atoms with Gasteiger partial charge >= 0.3 is 0 Å². The Kier molecular flexibility index (Phi) is 2.23. The van der Waals surface area contributed by atoms with Gasteiger partial charge in [0.1, 0.15) is 11.6 Å². The minimum atomic E-state index is -0.457. The predicted octanol–water partition coefficient (Wildman–Crippen LogP) is 2.77. The second-order valence-corrected chi connectivity index (χ2v) is 3.73. The number of benzene rings is 1. The molecule has 1 unspecified atom stereocenters. The van der Waals surface area contributed by atoms with Crippen molar-refractivity contribution in [3.63, 3.8) is 0 Å². The molecule has 0 aliphatic rings. The van der Waals surface area contributed by atoms with Crippen LogP contribution in [-0.4, -0.2) is 4.98 Å². The lowest BCUT2D eigenvalue weighted by Gasteiger charge is -2.05. The van der Waals surface area contributed by atoms with Gasteiger partial charge in [0.05, 0.1) is 5.52 Å². The van der Waals surface area contributed by atoms with Gasteiger partial charge in [-0.2, -0.15) is 0 Å². The molecule has 0 saturated carbocycles. The zero-order valence-electron chi connectivity index (χ0n) is 8.57. The molecule has 0 aliphatic heterocycles. The third kappa shape index (κ3) is 1.41. The van der Waals surface area contributed by atoms with Gasteiger partial charge in [-0.15, -0.1) is 0 Å². The molecule has 0 radical (unpaired) electrons. The van der Waals surface area contributed by atoms with Crippen LogP contribution in [0.3, 0.4) is 0 Å². The van der Waals surface area contributed by atoms with Gasteiger partial charge in [0.15, 0.2) is 0 Å². The van der Waals surface area contributed by atoms with Crippen LogP contribution in [0.4, 0.5) is 8.78 Å².